The van der Waals surface area contributed by atoms with Gasteiger partial charge in [0, 0.05) is 10.0 Å². The van der Waals surface area contributed by atoms with E-state index in [0.29, 0.717) is 5.56 Å². The van der Waals surface area contributed by atoms with E-state index in [2.05, 4.69) is 15.9 Å². The minimum absolute atomic E-state index is 0.0109. The van der Waals surface area contributed by atoms with E-state index in [1.54, 1.807) is 6.92 Å². The maximum Gasteiger partial charge on any atom is 0.179 e. The average molecular weight is 256 g/mol. The zero-order chi connectivity index (χ0) is 10.9. The Bertz CT molecular complexity index is 372. The molecule has 1 aromatic carbocycles. The molecule has 0 bridgehead atoms. The van der Waals surface area contributed by atoms with E-state index in [1.165, 1.54) is 0 Å². The van der Waals surface area contributed by atoms with E-state index >= 15 is 0 Å². The molecule has 76 valence electrons. The predicted molar refractivity (Wildman–Crippen MR) is 61.6 cm³/mol. The molecule has 1 unspecified atom stereocenters. The summed E-state index contributed by atoms with van der Waals surface area (Å²) in [6, 6.07) is 3.39. The number of benzene rings is 1. The van der Waals surface area contributed by atoms with Gasteiger partial charge in [0.15, 0.2) is 5.78 Å². The largest absolute Gasteiger partial charge is 0.321 e. The van der Waals surface area contributed by atoms with Crippen LogP contribution in [-0.4, -0.2) is 11.8 Å². The first-order chi connectivity index (χ1) is 6.43. The summed E-state index contributed by atoms with van der Waals surface area (Å²) < 4.78 is 0.951. The molecule has 0 aromatic heterocycles. The highest BCUT2D eigenvalue weighted by molar-refractivity contribution is 9.10. The van der Waals surface area contributed by atoms with Gasteiger partial charge in [-0.1, -0.05) is 22.0 Å². The maximum absolute atomic E-state index is 11.7. The van der Waals surface area contributed by atoms with Gasteiger partial charge in [-0.2, -0.15) is 0 Å². The molecule has 0 saturated carbocycles. The second-order valence-corrected chi connectivity index (χ2v) is 4.42. The van der Waals surface area contributed by atoms with Crippen LogP contribution in [0.25, 0.3) is 0 Å². The fraction of sp³-hybridized carbons (Fsp3) is 0.364. The summed E-state index contributed by atoms with van der Waals surface area (Å²) in [6.07, 6.45) is 0. The first kappa shape index (κ1) is 11.4. The highest BCUT2D eigenvalue weighted by Crippen LogP contribution is 2.21. The van der Waals surface area contributed by atoms with Gasteiger partial charge in [-0.25, -0.2) is 0 Å². The molecule has 0 spiro atoms. The number of halogens is 1. The first-order valence-corrected chi connectivity index (χ1v) is 5.29. The summed E-state index contributed by atoms with van der Waals surface area (Å²) in [6.45, 7) is 5.63. The number of ketones is 1. The molecule has 0 heterocycles. The van der Waals surface area contributed by atoms with E-state index in [1.807, 2.05) is 26.0 Å². The van der Waals surface area contributed by atoms with Crippen molar-refractivity contribution in [3.05, 3.63) is 33.3 Å². The highest BCUT2D eigenvalue weighted by Gasteiger charge is 2.14. The van der Waals surface area contributed by atoms with Crippen LogP contribution in [0.4, 0.5) is 0 Å². The molecule has 2 N–H and O–H groups in total. The van der Waals surface area contributed by atoms with Crippen LogP contribution in [0.3, 0.4) is 0 Å². The fourth-order valence-corrected chi connectivity index (χ4v) is 1.68. The summed E-state index contributed by atoms with van der Waals surface area (Å²) in [5.41, 5.74) is 8.37. The summed E-state index contributed by atoms with van der Waals surface area (Å²) in [7, 11) is 0. The number of aryl methyl sites for hydroxylation is 2. The van der Waals surface area contributed by atoms with Crippen LogP contribution in [0.15, 0.2) is 16.6 Å². The zero-order valence-electron chi connectivity index (χ0n) is 8.60. The van der Waals surface area contributed by atoms with Gasteiger partial charge >= 0.3 is 0 Å². The number of hydrogen-bond donors (Lipinski definition) is 1. The lowest BCUT2D eigenvalue weighted by Gasteiger charge is -2.09. The van der Waals surface area contributed by atoms with E-state index in [4.69, 9.17) is 5.73 Å². The van der Waals surface area contributed by atoms with Gasteiger partial charge in [-0.3, -0.25) is 4.79 Å². The molecular weight excluding hydrogens is 242 g/mol. The monoisotopic (exact) mass is 255 g/mol. The molecule has 0 saturated heterocycles. The van der Waals surface area contributed by atoms with Crippen molar-refractivity contribution in [3.63, 3.8) is 0 Å². The maximum atomic E-state index is 11.7. The van der Waals surface area contributed by atoms with Crippen LogP contribution in [0.5, 0.6) is 0 Å². The van der Waals surface area contributed by atoms with Gasteiger partial charge in [0.2, 0.25) is 0 Å². The normalized spacial score (nSPS) is 12.6. The molecule has 1 aromatic rings. The van der Waals surface area contributed by atoms with E-state index in [9.17, 15) is 4.79 Å². The van der Waals surface area contributed by atoms with Crippen molar-refractivity contribution < 1.29 is 4.79 Å². The first-order valence-electron chi connectivity index (χ1n) is 4.50. The van der Waals surface area contributed by atoms with Gasteiger partial charge in [-0.05, 0) is 38.0 Å². The van der Waals surface area contributed by atoms with Crippen molar-refractivity contribution in [2.75, 3.05) is 0 Å². The Morgan fingerprint density at radius 1 is 1.36 bits per heavy atom. The van der Waals surface area contributed by atoms with Crippen LogP contribution in [0, 0.1) is 13.8 Å². The minimum atomic E-state index is -0.441. The molecule has 0 aliphatic carbocycles. The molecule has 0 aliphatic rings. The molecule has 1 atom stereocenters. The Balaban J connectivity index is 3.22. The SMILES string of the molecule is Cc1cc(C)c(C(=O)C(C)N)cc1Br. The Morgan fingerprint density at radius 2 is 1.93 bits per heavy atom. The van der Waals surface area contributed by atoms with Gasteiger partial charge in [0.05, 0.1) is 6.04 Å². The summed E-state index contributed by atoms with van der Waals surface area (Å²) >= 11 is 3.40. The molecular formula is C11H14BrNO. The Labute approximate surface area is 92.6 Å². The van der Waals surface area contributed by atoms with Gasteiger partial charge in [-0.15, -0.1) is 0 Å². The standard InChI is InChI=1S/C11H14BrNO/c1-6-4-7(2)10(12)5-9(6)11(14)8(3)13/h4-5,8H,13H2,1-3H3. The number of rotatable bonds is 2. The lowest BCUT2D eigenvalue weighted by molar-refractivity contribution is 0.0967. The Kier molecular flexibility index (Phi) is 3.45. The summed E-state index contributed by atoms with van der Waals surface area (Å²) in [5.74, 6) is -0.0109. The second-order valence-electron chi connectivity index (χ2n) is 3.57. The third kappa shape index (κ3) is 2.22. The second kappa shape index (κ2) is 4.24. The van der Waals surface area contributed by atoms with Crippen molar-refractivity contribution in [3.8, 4) is 0 Å². The van der Waals surface area contributed by atoms with Crippen molar-refractivity contribution in [1.29, 1.82) is 0 Å². The third-order valence-corrected chi connectivity index (χ3v) is 3.04. The van der Waals surface area contributed by atoms with Crippen molar-refractivity contribution in [2.45, 2.75) is 26.8 Å². The number of Topliss-reactive ketones (excluding diaryl/α,β-unsaturated/α-hetero) is 1. The number of nitrogens with two attached hydrogens (primary N) is 1. The smallest absolute Gasteiger partial charge is 0.179 e. The topological polar surface area (TPSA) is 43.1 Å². The van der Waals surface area contributed by atoms with E-state index < -0.39 is 6.04 Å². The van der Waals surface area contributed by atoms with Crippen LogP contribution in [-0.2, 0) is 0 Å². The van der Waals surface area contributed by atoms with Crippen LogP contribution in [0.1, 0.15) is 28.4 Å². The predicted octanol–water partition coefficient (Wildman–Crippen LogP) is 2.60. The molecule has 0 aliphatic heterocycles. The molecule has 0 amide bonds. The van der Waals surface area contributed by atoms with E-state index in [0.717, 1.165) is 15.6 Å². The molecule has 14 heavy (non-hydrogen) atoms. The lowest BCUT2D eigenvalue weighted by atomic mass is 9.99. The van der Waals surface area contributed by atoms with Gasteiger partial charge in [0.1, 0.15) is 0 Å². The quantitative estimate of drug-likeness (QED) is 0.826. The molecule has 2 nitrogen and oxygen atoms in total. The molecule has 0 fully saturated rings. The van der Waals surface area contributed by atoms with Crippen molar-refractivity contribution in [2.24, 2.45) is 5.73 Å². The van der Waals surface area contributed by atoms with Crippen molar-refractivity contribution >= 4 is 21.7 Å². The fourth-order valence-electron chi connectivity index (χ4n) is 1.34. The molecule has 3 heteroatoms. The summed E-state index contributed by atoms with van der Waals surface area (Å²) in [5, 5.41) is 0. The number of hydrogen-bond acceptors (Lipinski definition) is 2. The number of carbonyl (C=O) groups is 1. The van der Waals surface area contributed by atoms with Gasteiger partial charge in [0.25, 0.3) is 0 Å². The van der Waals surface area contributed by atoms with Crippen molar-refractivity contribution in [1.82, 2.24) is 0 Å². The Hall–Kier alpha value is -0.670. The average Bonchev–Trinajstić information content (AvgIpc) is 2.10. The Morgan fingerprint density at radius 3 is 2.43 bits per heavy atom. The number of carbonyl (C=O) groups excluding carboxylic acids is 1. The lowest BCUT2D eigenvalue weighted by Crippen LogP contribution is -2.27. The van der Waals surface area contributed by atoms with E-state index in [-0.39, 0.29) is 5.78 Å². The highest BCUT2D eigenvalue weighted by atomic mass is 79.9. The van der Waals surface area contributed by atoms with Crippen LogP contribution < -0.4 is 5.73 Å². The minimum Gasteiger partial charge on any atom is -0.321 e. The third-order valence-electron chi connectivity index (χ3n) is 2.18. The van der Waals surface area contributed by atoms with Crippen LogP contribution >= 0.6 is 15.9 Å². The zero-order valence-corrected chi connectivity index (χ0v) is 10.2. The summed E-state index contributed by atoms with van der Waals surface area (Å²) in [4.78, 5) is 11.7. The van der Waals surface area contributed by atoms with Crippen LogP contribution in [0.2, 0.25) is 0 Å². The molecule has 0 radical (unpaired) electrons. The van der Waals surface area contributed by atoms with Gasteiger partial charge < -0.3 is 5.73 Å². The molecule has 1 rings (SSSR count).